The topological polar surface area (TPSA) is 66.6 Å². The molecule has 0 fully saturated rings. The number of halogens is 2. The van der Waals surface area contributed by atoms with Crippen LogP contribution in [-0.2, 0) is 6.42 Å². The van der Waals surface area contributed by atoms with E-state index in [1.165, 1.54) is 6.07 Å². The van der Waals surface area contributed by atoms with E-state index in [-0.39, 0.29) is 12.2 Å². The molecule has 26 heavy (non-hydrogen) atoms. The van der Waals surface area contributed by atoms with E-state index in [1.807, 2.05) is 24.3 Å². The molecule has 1 aliphatic rings. The summed E-state index contributed by atoms with van der Waals surface area (Å²) in [6.45, 7) is 0. The van der Waals surface area contributed by atoms with Crippen molar-refractivity contribution in [2.75, 3.05) is 0 Å². The highest BCUT2D eigenvalue weighted by atomic mass is 32.1. The Morgan fingerprint density at radius 3 is 2.88 bits per heavy atom. The Morgan fingerprint density at radius 1 is 1.15 bits per heavy atom. The lowest BCUT2D eigenvalue weighted by atomic mass is 10.0. The fraction of sp³-hybridized carbons (Fsp3) is 0.0556. The molecule has 2 N–H and O–H groups in total. The Kier molecular flexibility index (Phi) is 3.17. The van der Waals surface area contributed by atoms with Crippen molar-refractivity contribution in [2.45, 2.75) is 6.42 Å². The highest BCUT2D eigenvalue weighted by Crippen LogP contribution is 2.38. The van der Waals surface area contributed by atoms with Gasteiger partial charge in [0.1, 0.15) is 16.2 Å². The highest BCUT2D eigenvalue weighted by Gasteiger charge is 2.25. The molecule has 4 aromatic rings. The summed E-state index contributed by atoms with van der Waals surface area (Å²) >= 11 is 5.38. The van der Waals surface area contributed by atoms with Gasteiger partial charge >= 0.3 is 0 Å². The first-order valence-electron chi connectivity index (χ1n) is 7.82. The third kappa shape index (κ3) is 2.22. The standard InChI is InChI=1S/C18H10F2N4OS/c19-9-5-8-6-11-17(25-15(8)12(20)7-9)21-16(22-18(11)26)14-10-3-1-2-4-13(10)23-24-14/h1-5,7H,6H2,(H,23,24)(H,21,22,26). The van der Waals surface area contributed by atoms with Crippen molar-refractivity contribution in [3.05, 3.63) is 63.8 Å². The molecular formula is C18H10F2N4OS. The van der Waals surface area contributed by atoms with Crippen LogP contribution >= 0.6 is 12.2 Å². The van der Waals surface area contributed by atoms with E-state index < -0.39 is 11.6 Å². The van der Waals surface area contributed by atoms with Gasteiger partial charge in [-0.3, -0.25) is 5.10 Å². The second kappa shape index (κ2) is 5.43. The molecule has 2 aromatic heterocycles. The maximum absolute atomic E-state index is 14.1. The summed E-state index contributed by atoms with van der Waals surface area (Å²) in [6, 6.07) is 9.63. The molecule has 0 atom stereocenters. The number of hydrogen-bond donors (Lipinski definition) is 2. The Hall–Kier alpha value is -3.13. The largest absolute Gasteiger partial charge is 0.437 e. The fourth-order valence-corrected chi connectivity index (χ4v) is 3.38. The van der Waals surface area contributed by atoms with Crippen LogP contribution in [0.15, 0.2) is 36.4 Å². The first kappa shape index (κ1) is 15.2. The Labute approximate surface area is 150 Å². The highest BCUT2D eigenvalue weighted by molar-refractivity contribution is 7.71. The number of H-pyrrole nitrogens is 2. The summed E-state index contributed by atoms with van der Waals surface area (Å²) < 4.78 is 33.5. The smallest absolute Gasteiger partial charge is 0.205 e. The number of nitrogens with one attached hydrogen (secondary N) is 2. The first-order chi connectivity index (χ1) is 12.6. The Bertz CT molecular complexity index is 1250. The zero-order valence-corrected chi connectivity index (χ0v) is 14.0. The average Bonchev–Trinajstić information content (AvgIpc) is 3.05. The van der Waals surface area contributed by atoms with E-state index in [1.54, 1.807) is 0 Å². The molecule has 5 nitrogen and oxygen atoms in total. The predicted octanol–water partition coefficient (Wildman–Crippen LogP) is 4.66. The molecule has 128 valence electrons. The Morgan fingerprint density at radius 2 is 2.00 bits per heavy atom. The molecule has 0 radical (unpaired) electrons. The maximum atomic E-state index is 14.1. The van der Waals surface area contributed by atoms with Gasteiger partial charge in [0.15, 0.2) is 17.4 Å². The molecule has 0 amide bonds. The van der Waals surface area contributed by atoms with Crippen LogP contribution in [0.4, 0.5) is 8.78 Å². The van der Waals surface area contributed by atoms with E-state index >= 15 is 0 Å². The van der Waals surface area contributed by atoms with Crippen LogP contribution in [0.1, 0.15) is 11.1 Å². The number of aromatic nitrogens is 4. The first-order valence-corrected chi connectivity index (χ1v) is 8.23. The van der Waals surface area contributed by atoms with Crippen molar-refractivity contribution in [2.24, 2.45) is 0 Å². The van der Waals surface area contributed by atoms with E-state index in [0.717, 1.165) is 17.0 Å². The molecule has 8 heteroatoms. The van der Waals surface area contributed by atoms with Gasteiger partial charge in [0.05, 0.1) is 11.1 Å². The van der Waals surface area contributed by atoms with Crippen molar-refractivity contribution in [3.8, 4) is 23.1 Å². The fourth-order valence-electron chi connectivity index (χ4n) is 3.13. The van der Waals surface area contributed by atoms with Crippen molar-refractivity contribution in [3.63, 3.8) is 0 Å². The predicted molar refractivity (Wildman–Crippen MR) is 93.7 cm³/mol. The van der Waals surface area contributed by atoms with Gasteiger partial charge in [-0.15, -0.1) is 0 Å². The number of ether oxygens (including phenoxy) is 1. The second-order valence-corrected chi connectivity index (χ2v) is 6.36. The minimum absolute atomic E-state index is 0.00594. The van der Waals surface area contributed by atoms with E-state index in [0.29, 0.717) is 33.2 Å². The number of rotatable bonds is 1. The number of benzene rings is 2. The van der Waals surface area contributed by atoms with Crippen LogP contribution < -0.4 is 4.74 Å². The molecule has 0 saturated heterocycles. The van der Waals surface area contributed by atoms with Gasteiger partial charge in [0.2, 0.25) is 5.88 Å². The average molecular weight is 368 g/mol. The van der Waals surface area contributed by atoms with Gasteiger partial charge in [0, 0.05) is 23.4 Å². The number of aromatic amines is 2. The van der Waals surface area contributed by atoms with E-state index in [4.69, 9.17) is 17.0 Å². The lowest BCUT2D eigenvalue weighted by Crippen LogP contribution is -2.10. The van der Waals surface area contributed by atoms with Gasteiger partial charge in [0.25, 0.3) is 0 Å². The Balaban J connectivity index is 1.68. The van der Waals surface area contributed by atoms with Crippen LogP contribution in [0, 0.1) is 16.3 Å². The summed E-state index contributed by atoms with van der Waals surface area (Å²) in [5.74, 6) is -0.708. The maximum Gasteiger partial charge on any atom is 0.205 e. The quantitative estimate of drug-likeness (QED) is 0.423. The number of hydrogen-bond acceptors (Lipinski definition) is 4. The van der Waals surface area contributed by atoms with Crippen molar-refractivity contribution < 1.29 is 13.5 Å². The molecule has 0 bridgehead atoms. The van der Waals surface area contributed by atoms with Crippen LogP contribution in [0.3, 0.4) is 0 Å². The van der Waals surface area contributed by atoms with Crippen molar-refractivity contribution >= 4 is 23.1 Å². The van der Waals surface area contributed by atoms with Gasteiger partial charge in [-0.05, 0) is 12.1 Å². The van der Waals surface area contributed by atoms with Crippen LogP contribution in [0.2, 0.25) is 0 Å². The molecular weight excluding hydrogens is 358 g/mol. The molecule has 5 rings (SSSR count). The van der Waals surface area contributed by atoms with E-state index in [9.17, 15) is 8.78 Å². The lowest BCUT2D eigenvalue weighted by molar-refractivity contribution is 0.403. The number of fused-ring (bicyclic) bond motifs is 3. The molecule has 0 aliphatic carbocycles. The zero-order chi connectivity index (χ0) is 17.8. The summed E-state index contributed by atoms with van der Waals surface area (Å²) in [5, 5.41) is 8.09. The molecule has 1 aliphatic heterocycles. The van der Waals surface area contributed by atoms with Crippen LogP contribution in [0.25, 0.3) is 22.4 Å². The molecule has 0 unspecified atom stereocenters. The van der Waals surface area contributed by atoms with E-state index in [2.05, 4.69) is 20.2 Å². The van der Waals surface area contributed by atoms with Gasteiger partial charge in [-0.2, -0.15) is 5.10 Å². The van der Waals surface area contributed by atoms with Crippen molar-refractivity contribution in [1.29, 1.82) is 0 Å². The van der Waals surface area contributed by atoms with Crippen molar-refractivity contribution in [1.82, 2.24) is 20.2 Å². The summed E-state index contributed by atoms with van der Waals surface area (Å²) in [4.78, 5) is 7.45. The summed E-state index contributed by atoms with van der Waals surface area (Å²) in [7, 11) is 0. The zero-order valence-electron chi connectivity index (χ0n) is 13.1. The monoisotopic (exact) mass is 368 g/mol. The number of nitrogens with zero attached hydrogens (tertiary/aromatic N) is 2. The lowest BCUT2D eigenvalue weighted by Gasteiger charge is -2.20. The molecule has 0 saturated carbocycles. The number of para-hydroxylation sites is 1. The molecule has 3 heterocycles. The van der Waals surface area contributed by atoms with Gasteiger partial charge < -0.3 is 9.72 Å². The SMILES string of the molecule is Fc1cc(F)c2c(c1)Cc1c([nH]c(-c3n[nH]c4ccccc34)nc1=S)O2. The van der Waals surface area contributed by atoms with Gasteiger partial charge in [-0.1, -0.05) is 30.4 Å². The molecule has 2 aromatic carbocycles. The van der Waals surface area contributed by atoms with Gasteiger partial charge in [-0.25, -0.2) is 13.8 Å². The minimum Gasteiger partial charge on any atom is -0.437 e. The van der Waals surface area contributed by atoms with Crippen LogP contribution in [-0.4, -0.2) is 20.2 Å². The summed E-state index contributed by atoms with van der Waals surface area (Å²) in [5.41, 5.74) is 2.42. The molecule has 0 spiro atoms. The normalized spacial score (nSPS) is 12.5. The minimum atomic E-state index is -0.756. The summed E-state index contributed by atoms with van der Waals surface area (Å²) in [6.07, 6.45) is 0.239. The third-order valence-corrected chi connectivity index (χ3v) is 4.67. The second-order valence-electron chi connectivity index (χ2n) is 5.97. The third-order valence-electron chi connectivity index (χ3n) is 4.33. The van der Waals surface area contributed by atoms with Crippen LogP contribution in [0.5, 0.6) is 11.6 Å².